The van der Waals surface area contributed by atoms with Crippen molar-refractivity contribution in [1.82, 2.24) is 19.7 Å². The van der Waals surface area contributed by atoms with Crippen molar-refractivity contribution >= 4 is 16.9 Å². The molecule has 0 spiro atoms. The Morgan fingerprint density at radius 2 is 2.22 bits per heavy atom. The Balaban J connectivity index is 1.92. The summed E-state index contributed by atoms with van der Waals surface area (Å²) in [4.78, 5) is 8.43. The molecular weight excluding hydrogens is 230 g/mol. The summed E-state index contributed by atoms with van der Waals surface area (Å²) < 4.78 is 7.22. The number of rotatable bonds is 6. The van der Waals surface area contributed by atoms with Gasteiger partial charge in [-0.05, 0) is 20.3 Å². The van der Waals surface area contributed by atoms with E-state index >= 15 is 0 Å². The largest absolute Gasteiger partial charge is 0.379 e. The zero-order valence-electron chi connectivity index (χ0n) is 11.1. The van der Waals surface area contributed by atoms with E-state index < -0.39 is 0 Å². The normalized spacial score (nSPS) is 11.3. The summed E-state index contributed by atoms with van der Waals surface area (Å²) in [6.07, 6.45) is 4.57. The zero-order chi connectivity index (χ0) is 13.0. The van der Waals surface area contributed by atoms with E-state index in [0.29, 0.717) is 0 Å². The highest BCUT2D eigenvalue weighted by atomic mass is 16.5. The second kappa shape index (κ2) is 5.77. The van der Waals surface area contributed by atoms with Gasteiger partial charge in [-0.2, -0.15) is 5.10 Å². The molecule has 0 aliphatic rings. The quantitative estimate of drug-likeness (QED) is 0.788. The molecule has 0 bridgehead atoms. The molecule has 0 saturated carbocycles. The minimum absolute atomic E-state index is 0.286. The van der Waals surface area contributed by atoms with E-state index in [1.807, 2.05) is 20.9 Å². The third kappa shape index (κ3) is 2.95. The second-order valence-corrected chi connectivity index (χ2v) is 4.43. The minimum atomic E-state index is 0.286. The number of anilines is 1. The lowest BCUT2D eigenvalue weighted by Crippen LogP contribution is -2.10. The Hall–Kier alpha value is -1.69. The number of ether oxygens (including phenoxy) is 1. The van der Waals surface area contributed by atoms with Crippen LogP contribution in [0.1, 0.15) is 20.3 Å². The lowest BCUT2D eigenvalue weighted by atomic mass is 10.3. The van der Waals surface area contributed by atoms with Crippen LogP contribution in [-0.2, 0) is 11.8 Å². The van der Waals surface area contributed by atoms with Gasteiger partial charge in [0.2, 0.25) is 0 Å². The molecule has 2 rings (SSSR count). The molecule has 0 unspecified atom stereocenters. The van der Waals surface area contributed by atoms with E-state index in [4.69, 9.17) is 4.74 Å². The molecule has 0 atom stereocenters. The fraction of sp³-hybridized carbons (Fsp3) is 0.583. The number of aryl methyl sites for hydroxylation is 1. The predicted octanol–water partition coefficient (Wildman–Crippen LogP) is 1.59. The van der Waals surface area contributed by atoms with Crippen LogP contribution in [0.2, 0.25) is 0 Å². The van der Waals surface area contributed by atoms with Gasteiger partial charge in [-0.15, -0.1) is 0 Å². The first-order chi connectivity index (χ1) is 8.68. The highest BCUT2D eigenvalue weighted by Gasteiger charge is 2.06. The van der Waals surface area contributed by atoms with E-state index in [-0.39, 0.29) is 6.10 Å². The summed E-state index contributed by atoms with van der Waals surface area (Å²) in [5.74, 6) is 0.831. The van der Waals surface area contributed by atoms with Crippen molar-refractivity contribution in [2.75, 3.05) is 18.5 Å². The number of nitrogens with zero attached hydrogens (tertiary/aromatic N) is 4. The van der Waals surface area contributed by atoms with E-state index in [9.17, 15) is 0 Å². The van der Waals surface area contributed by atoms with Crippen LogP contribution in [0, 0.1) is 0 Å². The standard InChI is InChI=1S/C12H19N5O/c1-9(2)18-6-4-5-13-11-10-7-16-17(3)12(10)15-8-14-11/h7-9H,4-6H2,1-3H3,(H,13,14,15). The second-order valence-electron chi connectivity index (χ2n) is 4.43. The number of hydrogen-bond acceptors (Lipinski definition) is 5. The van der Waals surface area contributed by atoms with Gasteiger partial charge in [0.1, 0.15) is 12.1 Å². The van der Waals surface area contributed by atoms with Crippen LogP contribution in [0.3, 0.4) is 0 Å². The third-order valence-electron chi connectivity index (χ3n) is 2.59. The van der Waals surface area contributed by atoms with Crippen molar-refractivity contribution in [2.45, 2.75) is 26.4 Å². The van der Waals surface area contributed by atoms with Gasteiger partial charge in [0.15, 0.2) is 5.65 Å². The van der Waals surface area contributed by atoms with Gasteiger partial charge in [0, 0.05) is 20.2 Å². The molecule has 0 fully saturated rings. The van der Waals surface area contributed by atoms with Crippen LogP contribution in [-0.4, -0.2) is 39.0 Å². The first-order valence-corrected chi connectivity index (χ1v) is 6.16. The summed E-state index contributed by atoms with van der Waals surface area (Å²) in [5, 5.41) is 8.41. The van der Waals surface area contributed by atoms with Crippen LogP contribution in [0.25, 0.3) is 11.0 Å². The summed E-state index contributed by atoms with van der Waals surface area (Å²) >= 11 is 0. The van der Waals surface area contributed by atoms with Crippen molar-refractivity contribution in [1.29, 1.82) is 0 Å². The van der Waals surface area contributed by atoms with E-state index in [0.717, 1.165) is 36.4 Å². The topological polar surface area (TPSA) is 64.9 Å². The van der Waals surface area contributed by atoms with Gasteiger partial charge in [-0.3, -0.25) is 4.68 Å². The van der Waals surface area contributed by atoms with Crippen molar-refractivity contribution in [3.63, 3.8) is 0 Å². The molecule has 0 amide bonds. The first kappa shape index (κ1) is 12.8. The van der Waals surface area contributed by atoms with Gasteiger partial charge in [0.25, 0.3) is 0 Å². The Labute approximate surface area is 106 Å². The molecule has 0 aliphatic heterocycles. The average molecular weight is 249 g/mol. The first-order valence-electron chi connectivity index (χ1n) is 6.16. The summed E-state index contributed by atoms with van der Waals surface area (Å²) in [6.45, 7) is 5.66. The molecule has 6 heteroatoms. The Kier molecular flexibility index (Phi) is 4.09. The molecule has 98 valence electrons. The molecule has 0 radical (unpaired) electrons. The summed E-state index contributed by atoms with van der Waals surface area (Å²) in [7, 11) is 1.87. The number of hydrogen-bond donors (Lipinski definition) is 1. The third-order valence-corrected chi connectivity index (χ3v) is 2.59. The molecule has 18 heavy (non-hydrogen) atoms. The van der Waals surface area contributed by atoms with Crippen LogP contribution < -0.4 is 5.32 Å². The van der Waals surface area contributed by atoms with Gasteiger partial charge in [-0.1, -0.05) is 0 Å². The maximum atomic E-state index is 5.48. The Bertz CT molecular complexity index is 508. The van der Waals surface area contributed by atoms with Crippen molar-refractivity contribution in [2.24, 2.45) is 7.05 Å². The predicted molar refractivity (Wildman–Crippen MR) is 70.5 cm³/mol. The Morgan fingerprint density at radius 3 is 3.00 bits per heavy atom. The van der Waals surface area contributed by atoms with Gasteiger partial charge >= 0.3 is 0 Å². The van der Waals surface area contributed by atoms with Crippen molar-refractivity contribution in [3.05, 3.63) is 12.5 Å². The smallest absolute Gasteiger partial charge is 0.163 e. The fourth-order valence-corrected chi connectivity index (χ4v) is 1.70. The highest BCUT2D eigenvalue weighted by Crippen LogP contribution is 2.17. The molecule has 2 aromatic heterocycles. The van der Waals surface area contributed by atoms with Gasteiger partial charge in [-0.25, -0.2) is 9.97 Å². The van der Waals surface area contributed by atoms with Gasteiger partial charge in [0.05, 0.1) is 17.7 Å². The van der Waals surface area contributed by atoms with Crippen LogP contribution in [0.4, 0.5) is 5.82 Å². The highest BCUT2D eigenvalue weighted by molar-refractivity contribution is 5.85. The molecule has 6 nitrogen and oxygen atoms in total. The summed E-state index contributed by atoms with van der Waals surface area (Å²) in [5.41, 5.74) is 0.839. The SMILES string of the molecule is CC(C)OCCCNc1ncnc2c1cnn2C. The molecule has 0 aromatic carbocycles. The van der Waals surface area contributed by atoms with Crippen LogP contribution >= 0.6 is 0 Å². The number of aromatic nitrogens is 4. The van der Waals surface area contributed by atoms with E-state index in [1.165, 1.54) is 0 Å². The maximum Gasteiger partial charge on any atom is 0.163 e. The monoisotopic (exact) mass is 249 g/mol. The zero-order valence-corrected chi connectivity index (χ0v) is 11.1. The average Bonchev–Trinajstić information content (AvgIpc) is 2.71. The van der Waals surface area contributed by atoms with Crippen LogP contribution in [0.15, 0.2) is 12.5 Å². The molecule has 2 aromatic rings. The molecular formula is C12H19N5O. The van der Waals surface area contributed by atoms with E-state index in [1.54, 1.807) is 17.2 Å². The summed E-state index contributed by atoms with van der Waals surface area (Å²) in [6, 6.07) is 0. The molecule has 1 N–H and O–H groups in total. The maximum absolute atomic E-state index is 5.48. The fourth-order valence-electron chi connectivity index (χ4n) is 1.70. The van der Waals surface area contributed by atoms with E-state index in [2.05, 4.69) is 20.4 Å². The van der Waals surface area contributed by atoms with Crippen LogP contribution in [0.5, 0.6) is 0 Å². The van der Waals surface area contributed by atoms with Gasteiger partial charge < -0.3 is 10.1 Å². The van der Waals surface area contributed by atoms with Crippen molar-refractivity contribution in [3.8, 4) is 0 Å². The molecule has 0 aliphatic carbocycles. The lowest BCUT2D eigenvalue weighted by molar-refractivity contribution is 0.0787. The minimum Gasteiger partial charge on any atom is -0.379 e. The molecule has 2 heterocycles. The number of fused-ring (bicyclic) bond motifs is 1. The lowest BCUT2D eigenvalue weighted by Gasteiger charge is -2.08. The molecule has 0 saturated heterocycles. The Morgan fingerprint density at radius 1 is 1.39 bits per heavy atom. The van der Waals surface area contributed by atoms with Crippen molar-refractivity contribution < 1.29 is 4.74 Å². The number of nitrogens with one attached hydrogen (secondary N) is 1.